The molecule has 18 heavy (non-hydrogen) atoms. The first-order valence-corrected chi connectivity index (χ1v) is 5.49. The van der Waals surface area contributed by atoms with Gasteiger partial charge in [-0.05, 0) is 12.1 Å². The van der Waals surface area contributed by atoms with E-state index in [4.69, 9.17) is 16.3 Å². The number of benzene rings is 1. The Labute approximate surface area is 107 Å². The molecule has 0 radical (unpaired) electrons. The van der Waals surface area contributed by atoms with Crippen molar-refractivity contribution in [3.63, 3.8) is 0 Å². The van der Waals surface area contributed by atoms with Gasteiger partial charge in [-0.3, -0.25) is 5.01 Å². The maximum atomic E-state index is 12.8. The summed E-state index contributed by atoms with van der Waals surface area (Å²) in [6, 6.07) is 6.01. The number of halogens is 4. The largest absolute Gasteiger partial charge is 0.420 e. The van der Waals surface area contributed by atoms with Gasteiger partial charge in [0, 0.05) is 17.6 Å². The Hall–Kier alpha value is -1.27. The van der Waals surface area contributed by atoms with Crippen LogP contribution in [-0.2, 0) is 4.74 Å². The zero-order valence-electron chi connectivity index (χ0n) is 9.41. The third-order valence-electron chi connectivity index (χ3n) is 2.39. The molecule has 98 valence electrons. The molecule has 0 fully saturated rings. The third kappa shape index (κ3) is 2.76. The molecule has 2 rings (SSSR count). The number of nitrogens with zero attached hydrogens (tertiary/aromatic N) is 2. The van der Waals surface area contributed by atoms with Gasteiger partial charge in [0.1, 0.15) is 12.4 Å². The van der Waals surface area contributed by atoms with Gasteiger partial charge in [-0.25, -0.2) is 0 Å². The van der Waals surface area contributed by atoms with Crippen molar-refractivity contribution >= 4 is 17.3 Å². The lowest BCUT2D eigenvalue weighted by atomic mass is 10.0. The van der Waals surface area contributed by atoms with E-state index in [2.05, 4.69) is 5.10 Å². The molecule has 1 aromatic rings. The molecule has 1 aliphatic rings. The Balaban J connectivity index is 2.40. The van der Waals surface area contributed by atoms with Gasteiger partial charge in [-0.15, -0.1) is 0 Å². The van der Waals surface area contributed by atoms with Crippen molar-refractivity contribution in [3.8, 4) is 0 Å². The minimum atomic E-state index is -4.49. The first kappa shape index (κ1) is 13.2. The van der Waals surface area contributed by atoms with E-state index in [1.165, 1.54) is 29.3 Å². The summed E-state index contributed by atoms with van der Waals surface area (Å²) in [5.74, 6) is 0. The molecule has 0 aromatic heterocycles. The molecule has 0 saturated heterocycles. The van der Waals surface area contributed by atoms with Gasteiger partial charge in [-0.1, -0.05) is 23.7 Å². The lowest BCUT2D eigenvalue weighted by Gasteiger charge is -2.30. The Morgan fingerprint density at radius 1 is 1.33 bits per heavy atom. The number of hydrazone groups is 1. The molecule has 0 amide bonds. The van der Waals surface area contributed by atoms with Crippen LogP contribution in [0, 0.1) is 0 Å². The van der Waals surface area contributed by atoms with Gasteiger partial charge < -0.3 is 4.74 Å². The van der Waals surface area contributed by atoms with E-state index >= 15 is 0 Å². The third-order valence-corrected chi connectivity index (χ3v) is 2.64. The number of rotatable bonds is 1. The molecule has 1 unspecified atom stereocenters. The van der Waals surface area contributed by atoms with Crippen molar-refractivity contribution in [1.29, 1.82) is 0 Å². The Morgan fingerprint density at radius 3 is 2.50 bits per heavy atom. The van der Waals surface area contributed by atoms with Crippen LogP contribution in [0.5, 0.6) is 0 Å². The zero-order chi connectivity index (χ0) is 13.3. The van der Waals surface area contributed by atoms with Crippen molar-refractivity contribution in [3.05, 3.63) is 34.9 Å². The molecule has 1 aromatic carbocycles. The summed E-state index contributed by atoms with van der Waals surface area (Å²) in [5.41, 5.74) is 0.182. The van der Waals surface area contributed by atoms with E-state index < -0.39 is 12.3 Å². The molecule has 0 bridgehead atoms. The van der Waals surface area contributed by atoms with Gasteiger partial charge in [0.2, 0.25) is 0 Å². The summed E-state index contributed by atoms with van der Waals surface area (Å²) in [7, 11) is 1.54. The van der Waals surface area contributed by atoms with E-state index in [1.807, 2.05) is 0 Å². The van der Waals surface area contributed by atoms with Gasteiger partial charge in [0.25, 0.3) is 0 Å². The minimum Gasteiger partial charge on any atom is -0.340 e. The number of hydrogen-bond donors (Lipinski definition) is 0. The van der Waals surface area contributed by atoms with E-state index in [1.54, 1.807) is 7.05 Å². The predicted molar refractivity (Wildman–Crippen MR) is 61.5 cm³/mol. The van der Waals surface area contributed by atoms with Crippen molar-refractivity contribution in [1.82, 2.24) is 5.01 Å². The standard InChI is InChI=1S/C11H10ClF3N2O/c1-17-6-18-10(11(13,14)15)9(16-17)7-2-4-8(12)5-3-7/h2-5,10H,6H2,1H3. The fourth-order valence-electron chi connectivity index (χ4n) is 1.61. The lowest BCUT2D eigenvalue weighted by molar-refractivity contribution is -0.210. The number of alkyl halides is 3. The highest BCUT2D eigenvalue weighted by Gasteiger charge is 2.46. The average molecular weight is 279 g/mol. The molecule has 1 heterocycles. The average Bonchev–Trinajstić information content (AvgIpc) is 2.28. The van der Waals surface area contributed by atoms with Crippen LogP contribution in [0.3, 0.4) is 0 Å². The number of hydrogen-bond acceptors (Lipinski definition) is 3. The van der Waals surface area contributed by atoms with E-state index in [0.29, 0.717) is 10.6 Å². The van der Waals surface area contributed by atoms with Crippen LogP contribution in [0.15, 0.2) is 29.4 Å². The molecule has 3 nitrogen and oxygen atoms in total. The zero-order valence-corrected chi connectivity index (χ0v) is 10.2. The molecule has 0 aliphatic carbocycles. The summed E-state index contributed by atoms with van der Waals surface area (Å²) in [6.07, 6.45) is -6.49. The van der Waals surface area contributed by atoms with E-state index in [9.17, 15) is 13.2 Å². The molecule has 1 aliphatic heterocycles. The normalized spacial score (nSPS) is 20.8. The second kappa shape index (κ2) is 4.78. The van der Waals surface area contributed by atoms with E-state index in [0.717, 1.165) is 0 Å². The van der Waals surface area contributed by atoms with Gasteiger partial charge in [0.15, 0.2) is 6.10 Å². The van der Waals surface area contributed by atoms with Crippen molar-refractivity contribution in [2.24, 2.45) is 5.10 Å². The highest BCUT2D eigenvalue weighted by molar-refractivity contribution is 6.30. The summed E-state index contributed by atoms with van der Waals surface area (Å²) in [6.45, 7) is -0.193. The van der Waals surface area contributed by atoms with Gasteiger partial charge in [0.05, 0.1) is 0 Å². The second-order valence-electron chi connectivity index (χ2n) is 3.87. The lowest BCUT2D eigenvalue weighted by Crippen LogP contribution is -2.45. The van der Waals surface area contributed by atoms with E-state index in [-0.39, 0.29) is 12.4 Å². The molecule has 0 spiro atoms. The topological polar surface area (TPSA) is 24.8 Å². The number of ether oxygens (including phenoxy) is 1. The van der Waals surface area contributed by atoms with Crippen LogP contribution >= 0.6 is 11.6 Å². The van der Waals surface area contributed by atoms with Crippen LogP contribution < -0.4 is 0 Å². The molecule has 1 atom stereocenters. The predicted octanol–water partition coefficient (Wildman–Crippen LogP) is 2.89. The Morgan fingerprint density at radius 2 is 1.94 bits per heavy atom. The fourth-order valence-corrected chi connectivity index (χ4v) is 1.73. The highest BCUT2D eigenvalue weighted by atomic mass is 35.5. The highest BCUT2D eigenvalue weighted by Crippen LogP contribution is 2.29. The molecule has 7 heteroatoms. The van der Waals surface area contributed by atoms with Gasteiger partial charge >= 0.3 is 6.18 Å². The fraction of sp³-hybridized carbons (Fsp3) is 0.364. The van der Waals surface area contributed by atoms with Crippen molar-refractivity contribution in [2.75, 3.05) is 13.8 Å². The first-order valence-electron chi connectivity index (χ1n) is 5.12. The summed E-state index contributed by atoms with van der Waals surface area (Å²) < 4.78 is 43.3. The van der Waals surface area contributed by atoms with Crippen LogP contribution in [-0.4, -0.2) is 36.8 Å². The van der Waals surface area contributed by atoms with Crippen LogP contribution in [0.1, 0.15) is 5.56 Å². The quantitative estimate of drug-likeness (QED) is 0.789. The molecule has 0 saturated carbocycles. The van der Waals surface area contributed by atoms with Crippen molar-refractivity contribution in [2.45, 2.75) is 12.3 Å². The summed E-state index contributed by atoms with van der Waals surface area (Å²) in [5, 5.41) is 5.66. The van der Waals surface area contributed by atoms with Crippen LogP contribution in [0.4, 0.5) is 13.2 Å². The maximum absolute atomic E-state index is 12.8. The summed E-state index contributed by atoms with van der Waals surface area (Å²) in [4.78, 5) is 0. The van der Waals surface area contributed by atoms with Gasteiger partial charge in [-0.2, -0.15) is 18.3 Å². The monoisotopic (exact) mass is 278 g/mol. The minimum absolute atomic E-state index is 0.159. The first-order chi connectivity index (χ1) is 8.38. The van der Waals surface area contributed by atoms with Crippen molar-refractivity contribution < 1.29 is 17.9 Å². The smallest absolute Gasteiger partial charge is 0.340 e. The SMILES string of the molecule is CN1COC(C(F)(F)F)C(c2ccc(Cl)cc2)=N1. The Kier molecular flexibility index (Phi) is 3.49. The van der Waals surface area contributed by atoms with Crippen LogP contribution in [0.2, 0.25) is 5.02 Å². The Bertz CT molecular complexity index is 458. The summed E-state index contributed by atoms with van der Waals surface area (Å²) >= 11 is 5.70. The molecular formula is C11H10ClF3N2O. The van der Waals surface area contributed by atoms with Crippen LogP contribution in [0.25, 0.3) is 0 Å². The maximum Gasteiger partial charge on any atom is 0.420 e. The molecule has 0 N–H and O–H groups in total. The second-order valence-corrected chi connectivity index (χ2v) is 4.30. The molecular weight excluding hydrogens is 269 g/mol.